The quantitative estimate of drug-likeness (QED) is 0.845. The maximum Gasteiger partial charge on any atom is 0.219 e. The van der Waals surface area contributed by atoms with E-state index in [-0.39, 0.29) is 5.91 Å². The molecule has 2 saturated heterocycles. The molecule has 2 aliphatic rings. The number of hydrogen-bond donors (Lipinski definition) is 0. The van der Waals surface area contributed by atoms with Crippen molar-refractivity contribution < 1.29 is 4.79 Å². The number of hydrogen-bond acceptors (Lipinski definition) is 4. The summed E-state index contributed by atoms with van der Waals surface area (Å²) in [5, 5.41) is 8.89. The van der Waals surface area contributed by atoms with Gasteiger partial charge in [-0.05, 0) is 23.6 Å². The van der Waals surface area contributed by atoms with Gasteiger partial charge in [0.25, 0.3) is 0 Å². The minimum atomic E-state index is 0.191. The largest absolute Gasteiger partial charge is 0.340 e. The van der Waals surface area contributed by atoms with E-state index in [9.17, 15) is 4.79 Å². The van der Waals surface area contributed by atoms with Crippen LogP contribution in [-0.4, -0.2) is 65.9 Å². The summed E-state index contributed by atoms with van der Waals surface area (Å²) in [7, 11) is 0. The molecule has 128 valence electrons. The molecule has 1 aromatic carbocycles. The smallest absolute Gasteiger partial charge is 0.219 e. The van der Waals surface area contributed by atoms with E-state index >= 15 is 0 Å². The van der Waals surface area contributed by atoms with Crippen molar-refractivity contribution in [3.05, 3.63) is 35.4 Å². The van der Waals surface area contributed by atoms with Crippen LogP contribution in [0.15, 0.2) is 24.3 Å². The average molecular weight is 326 g/mol. The Labute approximate surface area is 144 Å². The second-order valence-electron chi connectivity index (χ2n) is 7.09. The van der Waals surface area contributed by atoms with Gasteiger partial charge in [0.2, 0.25) is 5.91 Å². The minimum absolute atomic E-state index is 0.191. The van der Waals surface area contributed by atoms with Crippen LogP contribution in [0.25, 0.3) is 0 Å². The first kappa shape index (κ1) is 16.9. The number of piperazine rings is 1. The molecule has 0 N–H and O–H groups in total. The number of amides is 1. The van der Waals surface area contributed by atoms with Gasteiger partial charge >= 0.3 is 0 Å². The number of carbonyl (C=O) groups is 1. The second-order valence-corrected chi connectivity index (χ2v) is 7.09. The third kappa shape index (κ3) is 3.77. The van der Waals surface area contributed by atoms with Crippen molar-refractivity contribution in [3.8, 4) is 6.07 Å². The van der Waals surface area contributed by atoms with Gasteiger partial charge in [-0.3, -0.25) is 14.6 Å². The number of benzene rings is 1. The summed E-state index contributed by atoms with van der Waals surface area (Å²) in [5.41, 5.74) is 1.98. The lowest BCUT2D eigenvalue weighted by Gasteiger charge is -2.39. The molecular formula is C19H26N4O. The van der Waals surface area contributed by atoms with Crippen LogP contribution in [-0.2, 0) is 11.3 Å². The normalized spacial score (nSPS) is 25.6. The Morgan fingerprint density at radius 1 is 1.17 bits per heavy atom. The van der Waals surface area contributed by atoms with Crippen molar-refractivity contribution in [2.75, 3.05) is 39.3 Å². The van der Waals surface area contributed by atoms with E-state index in [4.69, 9.17) is 5.26 Å². The first-order chi connectivity index (χ1) is 11.6. The first-order valence-corrected chi connectivity index (χ1v) is 8.78. The van der Waals surface area contributed by atoms with Crippen molar-refractivity contribution in [2.24, 2.45) is 5.92 Å². The van der Waals surface area contributed by atoms with E-state index in [0.29, 0.717) is 12.0 Å². The Morgan fingerprint density at radius 3 is 2.42 bits per heavy atom. The minimum Gasteiger partial charge on any atom is -0.340 e. The Bertz CT molecular complexity index is 613. The highest BCUT2D eigenvalue weighted by atomic mass is 16.2. The van der Waals surface area contributed by atoms with Crippen LogP contribution in [0.2, 0.25) is 0 Å². The Kier molecular flexibility index (Phi) is 5.17. The van der Waals surface area contributed by atoms with Crippen LogP contribution in [0.1, 0.15) is 25.0 Å². The number of rotatable bonds is 3. The predicted octanol–water partition coefficient (Wildman–Crippen LogP) is 1.54. The lowest BCUT2D eigenvalue weighted by molar-refractivity contribution is -0.130. The van der Waals surface area contributed by atoms with Crippen molar-refractivity contribution >= 4 is 5.91 Å². The molecule has 5 nitrogen and oxygen atoms in total. The lowest BCUT2D eigenvalue weighted by atomic mass is 10.0. The third-order valence-corrected chi connectivity index (χ3v) is 5.37. The van der Waals surface area contributed by atoms with Crippen LogP contribution in [0.3, 0.4) is 0 Å². The van der Waals surface area contributed by atoms with E-state index in [1.807, 2.05) is 17.0 Å². The maximum atomic E-state index is 11.5. The maximum absolute atomic E-state index is 11.5. The molecule has 5 heteroatoms. The molecule has 0 unspecified atom stereocenters. The van der Waals surface area contributed by atoms with E-state index in [1.165, 1.54) is 5.56 Å². The molecule has 2 aliphatic heterocycles. The lowest BCUT2D eigenvalue weighted by Crippen LogP contribution is -2.53. The van der Waals surface area contributed by atoms with Crippen LogP contribution >= 0.6 is 0 Å². The summed E-state index contributed by atoms with van der Waals surface area (Å²) < 4.78 is 0. The van der Waals surface area contributed by atoms with Crippen molar-refractivity contribution in [3.63, 3.8) is 0 Å². The SMILES string of the molecule is CC(=O)N1CCN([C@H]2CN(Cc3ccc(C#N)cc3)C[C@@H]2C)CC1. The Balaban J connectivity index is 1.55. The molecular weight excluding hydrogens is 300 g/mol. The van der Waals surface area contributed by atoms with Crippen LogP contribution in [0, 0.1) is 17.2 Å². The molecule has 0 aromatic heterocycles. The van der Waals surface area contributed by atoms with E-state index in [2.05, 4.69) is 34.9 Å². The fourth-order valence-corrected chi connectivity index (χ4v) is 3.96. The summed E-state index contributed by atoms with van der Waals surface area (Å²) >= 11 is 0. The summed E-state index contributed by atoms with van der Waals surface area (Å²) in [5.74, 6) is 0.837. The molecule has 24 heavy (non-hydrogen) atoms. The summed E-state index contributed by atoms with van der Waals surface area (Å²) in [6, 6.07) is 10.7. The predicted molar refractivity (Wildman–Crippen MR) is 93.2 cm³/mol. The summed E-state index contributed by atoms with van der Waals surface area (Å²) in [6.45, 7) is 10.8. The average Bonchev–Trinajstić information content (AvgIpc) is 2.96. The van der Waals surface area contributed by atoms with Crippen LogP contribution < -0.4 is 0 Å². The zero-order chi connectivity index (χ0) is 17.1. The van der Waals surface area contributed by atoms with Crippen LogP contribution in [0.5, 0.6) is 0 Å². The van der Waals surface area contributed by atoms with Gasteiger partial charge in [-0.2, -0.15) is 5.26 Å². The highest BCUT2D eigenvalue weighted by molar-refractivity contribution is 5.73. The zero-order valence-electron chi connectivity index (χ0n) is 14.6. The molecule has 2 fully saturated rings. The standard InChI is InChI=1S/C19H26N4O/c1-15-12-21(13-18-5-3-17(11-20)4-6-18)14-19(15)23-9-7-22(8-10-23)16(2)24/h3-6,15,19H,7-10,12-14H2,1-2H3/t15-,19-/m0/s1. The van der Waals surface area contributed by atoms with Crippen molar-refractivity contribution in [2.45, 2.75) is 26.4 Å². The Morgan fingerprint density at radius 2 is 1.83 bits per heavy atom. The van der Waals surface area contributed by atoms with Gasteiger partial charge in [0.1, 0.15) is 0 Å². The van der Waals surface area contributed by atoms with Crippen molar-refractivity contribution in [1.29, 1.82) is 5.26 Å². The molecule has 0 spiro atoms. The number of nitrogens with zero attached hydrogens (tertiary/aromatic N) is 4. The fraction of sp³-hybridized carbons (Fsp3) is 0.579. The zero-order valence-corrected chi connectivity index (χ0v) is 14.6. The number of nitriles is 1. The topological polar surface area (TPSA) is 50.6 Å². The van der Waals surface area contributed by atoms with Gasteiger partial charge in [-0.25, -0.2) is 0 Å². The van der Waals surface area contributed by atoms with Gasteiger partial charge in [0.05, 0.1) is 11.6 Å². The molecule has 0 radical (unpaired) electrons. The molecule has 1 amide bonds. The van der Waals surface area contributed by atoms with Gasteiger partial charge < -0.3 is 4.90 Å². The highest BCUT2D eigenvalue weighted by Crippen LogP contribution is 2.24. The van der Waals surface area contributed by atoms with Crippen molar-refractivity contribution in [1.82, 2.24) is 14.7 Å². The molecule has 0 aliphatic carbocycles. The first-order valence-electron chi connectivity index (χ1n) is 8.78. The monoisotopic (exact) mass is 326 g/mol. The van der Waals surface area contributed by atoms with Gasteiger partial charge in [0, 0.05) is 58.8 Å². The second kappa shape index (κ2) is 7.33. The molecule has 1 aromatic rings. The van der Waals surface area contributed by atoms with E-state index < -0.39 is 0 Å². The molecule has 0 bridgehead atoms. The van der Waals surface area contributed by atoms with E-state index in [1.54, 1.807) is 6.92 Å². The third-order valence-electron chi connectivity index (χ3n) is 5.37. The van der Waals surface area contributed by atoms with Crippen LogP contribution in [0.4, 0.5) is 0 Å². The number of likely N-dealkylation sites (tertiary alicyclic amines) is 1. The van der Waals surface area contributed by atoms with Gasteiger partial charge in [-0.15, -0.1) is 0 Å². The highest BCUT2D eigenvalue weighted by Gasteiger charge is 2.35. The fourth-order valence-electron chi connectivity index (χ4n) is 3.96. The Hall–Kier alpha value is -1.90. The van der Waals surface area contributed by atoms with Gasteiger partial charge in [-0.1, -0.05) is 19.1 Å². The molecule has 2 atom stereocenters. The van der Waals surface area contributed by atoms with E-state index in [0.717, 1.165) is 51.4 Å². The van der Waals surface area contributed by atoms with Gasteiger partial charge in [0.15, 0.2) is 0 Å². The molecule has 0 saturated carbocycles. The number of carbonyl (C=O) groups excluding carboxylic acids is 1. The molecule has 3 rings (SSSR count). The molecule has 2 heterocycles. The summed E-state index contributed by atoms with van der Waals surface area (Å²) in [6.07, 6.45) is 0. The summed E-state index contributed by atoms with van der Waals surface area (Å²) in [4.78, 5) is 18.5.